The van der Waals surface area contributed by atoms with Crippen molar-refractivity contribution >= 4 is 17.7 Å². The Morgan fingerprint density at radius 1 is 1.62 bits per heavy atom. The molecule has 0 bridgehead atoms. The fourth-order valence-corrected chi connectivity index (χ4v) is 2.28. The number of nitrogens with two attached hydrogens (primary N) is 1. The third kappa shape index (κ3) is 2.28. The molecule has 13 heavy (non-hydrogen) atoms. The SMILES string of the molecule is NCC1CSCN1C(=O)C(F)(F)F. The van der Waals surface area contributed by atoms with E-state index in [-0.39, 0.29) is 12.4 Å². The van der Waals surface area contributed by atoms with E-state index in [2.05, 4.69) is 0 Å². The summed E-state index contributed by atoms with van der Waals surface area (Å²) in [5, 5.41) is 0. The molecular formula is C6H9F3N2OS. The molecule has 3 nitrogen and oxygen atoms in total. The summed E-state index contributed by atoms with van der Waals surface area (Å²) in [5.74, 6) is -1.22. The maximum absolute atomic E-state index is 12.0. The van der Waals surface area contributed by atoms with Crippen LogP contribution < -0.4 is 5.73 Å². The van der Waals surface area contributed by atoms with Crippen LogP contribution >= 0.6 is 11.8 Å². The van der Waals surface area contributed by atoms with Crippen LogP contribution in [0, 0.1) is 0 Å². The molecular weight excluding hydrogens is 205 g/mol. The van der Waals surface area contributed by atoms with Crippen molar-refractivity contribution in [2.45, 2.75) is 12.2 Å². The van der Waals surface area contributed by atoms with E-state index in [0.29, 0.717) is 5.75 Å². The molecule has 1 unspecified atom stereocenters. The van der Waals surface area contributed by atoms with Crippen molar-refractivity contribution in [2.75, 3.05) is 18.2 Å². The van der Waals surface area contributed by atoms with E-state index < -0.39 is 18.1 Å². The highest BCUT2D eigenvalue weighted by Gasteiger charge is 2.45. The number of halogens is 3. The molecule has 2 N–H and O–H groups in total. The molecule has 1 saturated heterocycles. The first kappa shape index (κ1) is 10.6. The molecule has 0 aromatic heterocycles. The third-order valence-electron chi connectivity index (χ3n) is 1.76. The molecule has 1 heterocycles. The van der Waals surface area contributed by atoms with Crippen LogP contribution in [0.3, 0.4) is 0 Å². The molecule has 0 aromatic carbocycles. The number of nitrogens with zero attached hydrogens (tertiary/aromatic N) is 1. The smallest absolute Gasteiger partial charge is 0.328 e. The van der Waals surface area contributed by atoms with E-state index in [1.165, 1.54) is 11.8 Å². The summed E-state index contributed by atoms with van der Waals surface area (Å²) in [5.41, 5.74) is 5.23. The average molecular weight is 214 g/mol. The monoisotopic (exact) mass is 214 g/mol. The van der Waals surface area contributed by atoms with Gasteiger partial charge in [-0.05, 0) is 0 Å². The van der Waals surface area contributed by atoms with Gasteiger partial charge in [-0.25, -0.2) is 0 Å². The van der Waals surface area contributed by atoms with E-state index >= 15 is 0 Å². The van der Waals surface area contributed by atoms with Gasteiger partial charge in [-0.3, -0.25) is 4.79 Å². The average Bonchev–Trinajstić information content (AvgIpc) is 2.48. The van der Waals surface area contributed by atoms with Crippen molar-refractivity contribution < 1.29 is 18.0 Å². The minimum absolute atomic E-state index is 0.0782. The van der Waals surface area contributed by atoms with Gasteiger partial charge in [-0.15, -0.1) is 11.8 Å². The normalized spacial score (nSPS) is 23.7. The summed E-state index contributed by atoms with van der Waals surface area (Å²) in [6.07, 6.45) is -4.78. The minimum atomic E-state index is -4.78. The molecule has 0 aliphatic carbocycles. The lowest BCUT2D eigenvalue weighted by Gasteiger charge is -2.23. The van der Waals surface area contributed by atoms with Crippen LogP contribution in [0.1, 0.15) is 0 Å². The van der Waals surface area contributed by atoms with Crippen LogP contribution in [0.15, 0.2) is 0 Å². The predicted octanol–water partition coefficient (Wildman–Crippen LogP) is 0.409. The Hall–Kier alpha value is -0.430. The zero-order valence-electron chi connectivity index (χ0n) is 6.67. The Morgan fingerprint density at radius 3 is 2.69 bits per heavy atom. The second-order valence-corrected chi connectivity index (χ2v) is 3.66. The van der Waals surface area contributed by atoms with Gasteiger partial charge in [-0.1, -0.05) is 0 Å². The van der Waals surface area contributed by atoms with E-state index in [1.54, 1.807) is 0 Å². The summed E-state index contributed by atoms with van der Waals surface area (Å²) in [7, 11) is 0. The first-order valence-corrected chi connectivity index (χ1v) is 4.78. The zero-order valence-corrected chi connectivity index (χ0v) is 7.49. The van der Waals surface area contributed by atoms with E-state index in [0.717, 1.165) is 4.90 Å². The number of carbonyl (C=O) groups is 1. The van der Waals surface area contributed by atoms with Gasteiger partial charge in [0.1, 0.15) is 0 Å². The summed E-state index contributed by atoms with van der Waals surface area (Å²) in [6, 6.07) is -0.473. The standard InChI is InChI=1S/C6H9F3N2OS/c7-6(8,9)5(12)11-3-13-2-4(11)1-10/h4H,1-3,10H2. The molecule has 0 aromatic rings. The van der Waals surface area contributed by atoms with Crippen LogP contribution in [0.5, 0.6) is 0 Å². The van der Waals surface area contributed by atoms with Crippen molar-refractivity contribution in [3.05, 3.63) is 0 Å². The van der Waals surface area contributed by atoms with E-state index in [9.17, 15) is 18.0 Å². The van der Waals surface area contributed by atoms with Crippen molar-refractivity contribution in [2.24, 2.45) is 5.73 Å². The maximum atomic E-state index is 12.0. The molecule has 1 aliphatic heterocycles. The summed E-state index contributed by atoms with van der Waals surface area (Å²) in [4.78, 5) is 11.6. The summed E-state index contributed by atoms with van der Waals surface area (Å²) >= 11 is 1.28. The Labute approximate surface area is 77.4 Å². The Morgan fingerprint density at radius 2 is 2.23 bits per heavy atom. The fourth-order valence-electron chi connectivity index (χ4n) is 1.07. The summed E-state index contributed by atoms with van der Waals surface area (Å²) < 4.78 is 35.9. The zero-order chi connectivity index (χ0) is 10.1. The van der Waals surface area contributed by atoms with Gasteiger partial charge in [-0.2, -0.15) is 13.2 Å². The predicted molar refractivity (Wildman–Crippen MR) is 43.1 cm³/mol. The van der Waals surface area contributed by atoms with Crippen molar-refractivity contribution in [1.82, 2.24) is 4.90 Å². The maximum Gasteiger partial charge on any atom is 0.471 e. The Bertz CT molecular complexity index is 209. The first-order chi connectivity index (χ1) is 5.96. The highest BCUT2D eigenvalue weighted by atomic mass is 32.2. The van der Waals surface area contributed by atoms with Crippen LogP contribution in [-0.4, -0.2) is 41.2 Å². The van der Waals surface area contributed by atoms with Crippen LogP contribution in [0.4, 0.5) is 13.2 Å². The highest BCUT2D eigenvalue weighted by molar-refractivity contribution is 7.99. The second-order valence-electron chi connectivity index (χ2n) is 2.66. The van der Waals surface area contributed by atoms with Crippen molar-refractivity contribution in [1.29, 1.82) is 0 Å². The van der Waals surface area contributed by atoms with Gasteiger partial charge < -0.3 is 10.6 Å². The van der Waals surface area contributed by atoms with Gasteiger partial charge >= 0.3 is 12.1 Å². The van der Waals surface area contributed by atoms with Crippen LogP contribution in [0.2, 0.25) is 0 Å². The highest BCUT2D eigenvalue weighted by Crippen LogP contribution is 2.26. The van der Waals surface area contributed by atoms with Crippen molar-refractivity contribution in [3.63, 3.8) is 0 Å². The first-order valence-electron chi connectivity index (χ1n) is 3.62. The third-order valence-corrected chi connectivity index (χ3v) is 2.84. The molecule has 1 fully saturated rings. The molecule has 0 saturated carbocycles. The molecule has 0 radical (unpaired) electrons. The van der Waals surface area contributed by atoms with Gasteiger partial charge in [0, 0.05) is 12.3 Å². The topological polar surface area (TPSA) is 46.3 Å². The molecule has 1 atom stereocenters. The van der Waals surface area contributed by atoms with Gasteiger partial charge in [0.2, 0.25) is 0 Å². The molecule has 0 spiro atoms. The van der Waals surface area contributed by atoms with Crippen LogP contribution in [0.25, 0.3) is 0 Å². The number of alkyl halides is 3. The Balaban J connectivity index is 2.66. The molecule has 1 rings (SSSR count). The summed E-state index contributed by atoms with van der Waals surface area (Å²) in [6.45, 7) is 0.0782. The van der Waals surface area contributed by atoms with Gasteiger partial charge in [0.25, 0.3) is 0 Å². The molecule has 1 amide bonds. The van der Waals surface area contributed by atoms with E-state index in [1.807, 2.05) is 0 Å². The number of carbonyl (C=O) groups excluding carboxylic acids is 1. The lowest BCUT2D eigenvalue weighted by molar-refractivity contribution is -0.185. The lowest BCUT2D eigenvalue weighted by atomic mass is 10.3. The second kappa shape index (κ2) is 3.75. The Kier molecular flexibility index (Phi) is 3.07. The number of hydrogen-bond acceptors (Lipinski definition) is 3. The number of hydrogen-bond donors (Lipinski definition) is 1. The van der Waals surface area contributed by atoms with Gasteiger partial charge in [0.05, 0.1) is 11.9 Å². The van der Waals surface area contributed by atoms with Crippen LogP contribution in [-0.2, 0) is 4.79 Å². The minimum Gasteiger partial charge on any atom is -0.328 e. The fraction of sp³-hybridized carbons (Fsp3) is 0.833. The van der Waals surface area contributed by atoms with E-state index in [4.69, 9.17) is 5.73 Å². The largest absolute Gasteiger partial charge is 0.471 e. The number of rotatable bonds is 1. The number of amides is 1. The lowest BCUT2D eigenvalue weighted by Crippen LogP contribution is -2.47. The van der Waals surface area contributed by atoms with Crippen molar-refractivity contribution in [3.8, 4) is 0 Å². The molecule has 7 heteroatoms. The quantitative estimate of drug-likeness (QED) is 0.687. The molecule has 1 aliphatic rings. The van der Waals surface area contributed by atoms with Gasteiger partial charge in [0.15, 0.2) is 0 Å². The molecule has 76 valence electrons. The number of thioether (sulfide) groups is 1.